The normalized spacial score (nSPS) is 10.5. The second-order valence-corrected chi connectivity index (χ2v) is 4.31. The van der Waals surface area contributed by atoms with Gasteiger partial charge >= 0.3 is 0 Å². The molecule has 6 heteroatoms. The van der Waals surface area contributed by atoms with Gasteiger partial charge in [-0.05, 0) is 19.9 Å². The van der Waals surface area contributed by atoms with Crippen LogP contribution in [0.4, 0.5) is 11.5 Å². The average molecular weight is 259 g/mol. The maximum atomic E-state index is 5.77. The van der Waals surface area contributed by atoms with Crippen LogP contribution in [0.15, 0.2) is 30.9 Å². The van der Waals surface area contributed by atoms with Gasteiger partial charge < -0.3 is 15.8 Å². The molecular weight excluding hydrogens is 242 g/mol. The van der Waals surface area contributed by atoms with E-state index in [0.717, 1.165) is 5.56 Å². The lowest BCUT2D eigenvalue weighted by atomic mass is 10.2. The average Bonchev–Trinajstić information content (AvgIpc) is 2.39. The van der Waals surface area contributed by atoms with Crippen LogP contribution in [0.25, 0.3) is 0 Å². The fourth-order valence-electron chi connectivity index (χ4n) is 1.56. The van der Waals surface area contributed by atoms with Gasteiger partial charge in [0.25, 0.3) is 0 Å². The summed E-state index contributed by atoms with van der Waals surface area (Å²) in [5.74, 6) is 1.23. The molecule has 2 rings (SSSR count). The Morgan fingerprint density at radius 3 is 2.95 bits per heavy atom. The largest absolute Gasteiger partial charge is 0.475 e. The van der Waals surface area contributed by atoms with Crippen molar-refractivity contribution in [2.45, 2.75) is 26.5 Å². The molecule has 0 aromatic carbocycles. The van der Waals surface area contributed by atoms with E-state index in [1.807, 2.05) is 26.0 Å². The zero-order valence-electron chi connectivity index (χ0n) is 11.0. The maximum absolute atomic E-state index is 5.77. The fraction of sp³-hybridized carbons (Fsp3) is 0.308. The molecule has 2 heterocycles. The van der Waals surface area contributed by atoms with Crippen LogP contribution in [0, 0.1) is 0 Å². The number of anilines is 2. The second kappa shape index (κ2) is 5.99. The Morgan fingerprint density at radius 1 is 1.37 bits per heavy atom. The van der Waals surface area contributed by atoms with E-state index < -0.39 is 0 Å². The smallest absolute Gasteiger partial charge is 0.218 e. The molecule has 0 amide bonds. The van der Waals surface area contributed by atoms with Crippen molar-refractivity contribution in [2.24, 2.45) is 0 Å². The number of ether oxygens (including phenoxy) is 1. The lowest BCUT2D eigenvalue weighted by molar-refractivity contribution is 0.230. The molecule has 0 saturated heterocycles. The quantitative estimate of drug-likeness (QED) is 0.852. The highest BCUT2D eigenvalue weighted by atomic mass is 16.5. The van der Waals surface area contributed by atoms with Crippen molar-refractivity contribution >= 4 is 11.5 Å². The van der Waals surface area contributed by atoms with Gasteiger partial charge in [-0.3, -0.25) is 0 Å². The summed E-state index contributed by atoms with van der Waals surface area (Å²) >= 11 is 0. The van der Waals surface area contributed by atoms with Gasteiger partial charge in [-0.15, -0.1) is 0 Å². The van der Waals surface area contributed by atoms with Crippen LogP contribution in [0.2, 0.25) is 0 Å². The number of rotatable bonds is 5. The molecule has 0 spiro atoms. The van der Waals surface area contributed by atoms with Gasteiger partial charge in [0.2, 0.25) is 5.88 Å². The number of hydrogen-bond donors (Lipinski definition) is 2. The maximum Gasteiger partial charge on any atom is 0.218 e. The Kier molecular flexibility index (Phi) is 4.12. The van der Waals surface area contributed by atoms with E-state index in [-0.39, 0.29) is 6.10 Å². The van der Waals surface area contributed by atoms with Crippen molar-refractivity contribution in [3.63, 3.8) is 0 Å². The number of pyridine rings is 1. The van der Waals surface area contributed by atoms with E-state index in [1.165, 1.54) is 6.33 Å². The Hall–Kier alpha value is -2.37. The van der Waals surface area contributed by atoms with E-state index >= 15 is 0 Å². The molecule has 2 aromatic heterocycles. The summed E-state index contributed by atoms with van der Waals surface area (Å²) in [6.45, 7) is 4.47. The first-order chi connectivity index (χ1) is 9.16. The molecule has 0 bridgehead atoms. The molecule has 2 aromatic rings. The first kappa shape index (κ1) is 13.1. The monoisotopic (exact) mass is 259 g/mol. The van der Waals surface area contributed by atoms with Crippen LogP contribution in [0.3, 0.4) is 0 Å². The van der Waals surface area contributed by atoms with Gasteiger partial charge in [-0.2, -0.15) is 0 Å². The predicted molar refractivity (Wildman–Crippen MR) is 73.8 cm³/mol. The van der Waals surface area contributed by atoms with Gasteiger partial charge in [-0.1, -0.05) is 6.07 Å². The summed E-state index contributed by atoms with van der Waals surface area (Å²) in [5, 5.41) is 3.15. The van der Waals surface area contributed by atoms with Gasteiger partial charge in [0.05, 0.1) is 18.0 Å². The molecule has 0 aliphatic heterocycles. The molecule has 100 valence electrons. The SMILES string of the molecule is CC(C)Oc1ncccc1CNc1ncncc1N. The highest BCUT2D eigenvalue weighted by molar-refractivity contribution is 5.59. The number of nitrogens with one attached hydrogen (secondary N) is 1. The topological polar surface area (TPSA) is 86.0 Å². The number of nitrogens with zero attached hydrogens (tertiary/aromatic N) is 3. The van der Waals surface area contributed by atoms with Crippen LogP contribution in [0.5, 0.6) is 5.88 Å². The van der Waals surface area contributed by atoms with Gasteiger partial charge in [0.1, 0.15) is 6.33 Å². The van der Waals surface area contributed by atoms with E-state index in [9.17, 15) is 0 Å². The van der Waals surface area contributed by atoms with Gasteiger partial charge in [0.15, 0.2) is 5.82 Å². The standard InChI is InChI=1S/C13H17N5O/c1-9(2)19-13-10(4-3-5-16-13)6-17-12-11(14)7-15-8-18-12/h3-5,7-9H,6,14H2,1-2H3,(H,15,17,18). The van der Waals surface area contributed by atoms with Crippen molar-refractivity contribution in [1.82, 2.24) is 15.0 Å². The van der Waals surface area contributed by atoms with Crippen LogP contribution in [-0.2, 0) is 6.54 Å². The van der Waals surface area contributed by atoms with Crippen molar-refractivity contribution in [1.29, 1.82) is 0 Å². The minimum absolute atomic E-state index is 0.0813. The second-order valence-electron chi connectivity index (χ2n) is 4.31. The first-order valence-electron chi connectivity index (χ1n) is 6.06. The molecule has 0 radical (unpaired) electrons. The molecule has 3 N–H and O–H groups in total. The molecular formula is C13H17N5O. The number of nitrogens with two attached hydrogens (primary N) is 1. The highest BCUT2D eigenvalue weighted by Gasteiger charge is 2.07. The summed E-state index contributed by atoms with van der Waals surface area (Å²) in [5.41, 5.74) is 7.23. The van der Waals surface area contributed by atoms with Gasteiger partial charge in [-0.25, -0.2) is 15.0 Å². The minimum atomic E-state index is 0.0813. The number of hydrogen-bond acceptors (Lipinski definition) is 6. The third-order valence-corrected chi connectivity index (χ3v) is 2.38. The van der Waals surface area contributed by atoms with Crippen molar-refractivity contribution in [3.8, 4) is 5.88 Å². The summed E-state index contributed by atoms with van der Waals surface area (Å²) in [6.07, 6.45) is 4.80. The van der Waals surface area contributed by atoms with Crippen molar-refractivity contribution < 1.29 is 4.74 Å². The number of nitrogen functional groups attached to an aromatic ring is 1. The summed E-state index contributed by atoms with van der Waals surface area (Å²) in [4.78, 5) is 12.1. The van der Waals surface area contributed by atoms with Crippen LogP contribution in [0.1, 0.15) is 19.4 Å². The van der Waals surface area contributed by atoms with Crippen molar-refractivity contribution in [3.05, 3.63) is 36.4 Å². The molecule has 0 fully saturated rings. The molecule has 6 nitrogen and oxygen atoms in total. The summed E-state index contributed by atoms with van der Waals surface area (Å²) < 4.78 is 5.65. The third kappa shape index (κ3) is 3.54. The molecule has 0 saturated carbocycles. The van der Waals surface area contributed by atoms with Crippen molar-refractivity contribution in [2.75, 3.05) is 11.1 Å². The third-order valence-electron chi connectivity index (χ3n) is 2.38. The zero-order valence-corrected chi connectivity index (χ0v) is 11.0. The van der Waals surface area contributed by atoms with Crippen LogP contribution < -0.4 is 15.8 Å². The molecule has 0 aliphatic carbocycles. The Bertz CT molecular complexity index is 544. The van der Waals surface area contributed by atoms with E-state index in [1.54, 1.807) is 12.4 Å². The van der Waals surface area contributed by atoms with E-state index in [2.05, 4.69) is 20.3 Å². The van der Waals surface area contributed by atoms with Crippen LogP contribution in [-0.4, -0.2) is 21.1 Å². The van der Waals surface area contributed by atoms with Crippen LogP contribution >= 0.6 is 0 Å². The molecule has 0 aliphatic rings. The fourth-order valence-corrected chi connectivity index (χ4v) is 1.56. The summed E-state index contributed by atoms with van der Waals surface area (Å²) in [7, 11) is 0. The first-order valence-corrected chi connectivity index (χ1v) is 6.06. The molecule has 0 unspecified atom stereocenters. The zero-order chi connectivity index (χ0) is 13.7. The Balaban J connectivity index is 2.09. The Labute approximate surface area is 112 Å². The number of aromatic nitrogens is 3. The van der Waals surface area contributed by atoms with E-state index in [0.29, 0.717) is 23.9 Å². The summed E-state index contributed by atoms with van der Waals surface area (Å²) in [6, 6.07) is 3.82. The molecule has 0 atom stereocenters. The van der Waals surface area contributed by atoms with Gasteiger partial charge in [0, 0.05) is 18.3 Å². The predicted octanol–water partition coefficient (Wildman–Crippen LogP) is 1.85. The lowest BCUT2D eigenvalue weighted by Gasteiger charge is -2.13. The molecule has 19 heavy (non-hydrogen) atoms. The Morgan fingerprint density at radius 2 is 2.21 bits per heavy atom. The van der Waals surface area contributed by atoms with E-state index in [4.69, 9.17) is 10.5 Å². The highest BCUT2D eigenvalue weighted by Crippen LogP contribution is 2.19. The lowest BCUT2D eigenvalue weighted by Crippen LogP contribution is -2.11. The minimum Gasteiger partial charge on any atom is -0.475 e.